The molecule has 0 aliphatic carbocycles. The Bertz CT molecular complexity index is 174. The third-order valence-electron chi connectivity index (χ3n) is 1.88. The number of hydrogen-bond acceptors (Lipinski definition) is 3. The van der Waals surface area contributed by atoms with Crippen molar-refractivity contribution in [2.45, 2.75) is 26.4 Å². The quantitative estimate of drug-likeness (QED) is 0.542. The van der Waals surface area contributed by atoms with Crippen molar-refractivity contribution in [1.29, 1.82) is 0 Å². The molecule has 0 aromatic carbocycles. The van der Waals surface area contributed by atoms with Gasteiger partial charge in [0.25, 0.3) is 0 Å². The summed E-state index contributed by atoms with van der Waals surface area (Å²) in [6.45, 7) is 6.17. The van der Waals surface area contributed by atoms with E-state index in [1.165, 1.54) is 6.40 Å². The summed E-state index contributed by atoms with van der Waals surface area (Å²) in [4.78, 5) is 0. The molecule has 1 aliphatic heterocycles. The highest BCUT2D eigenvalue weighted by atomic mass is 16.5. The average Bonchev–Trinajstić information content (AvgIpc) is 1.89. The van der Waals surface area contributed by atoms with Crippen LogP contribution in [0, 0.1) is 5.92 Å². The summed E-state index contributed by atoms with van der Waals surface area (Å²) in [5.41, 5.74) is -0.262. The van der Waals surface area contributed by atoms with Gasteiger partial charge in [-0.2, -0.15) is 5.10 Å². The lowest BCUT2D eigenvalue weighted by atomic mass is 9.94. The van der Waals surface area contributed by atoms with E-state index in [2.05, 4.69) is 24.1 Å². The second-order valence-corrected chi connectivity index (χ2v) is 2.92. The first-order valence-corrected chi connectivity index (χ1v) is 3.39. The molecular weight excluding hydrogens is 128 g/mol. The van der Waals surface area contributed by atoms with Gasteiger partial charge in [-0.15, -0.1) is 5.10 Å². The van der Waals surface area contributed by atoms with Gasteiger partial charge in [-0.1, -0.05) is 13.8 Å². The molecule has 1 unspecified atom stereocenters. The largest absolute Gasteiger partial charge is 0.469 e. The molecule has 0 radical (unpaired) electrons. The van der Waals surface area contributed by atoms with Crippen molar-refractivity contribution in [3.63, 3.8) is 0 Å². The van der Waals surface area contributed by atoms with Gasteiger partial charge < -0.3 is 4.74 Å². The molecule has 0 amide bonds. The molecule has 1 aliphatic rings. The van der Waals surface area contributed by atoms with E-state index in [0.29, 0.717) is 5.92 Å². The van der Waals surface area contributed by atoms with Gasteiger partial charge in [-0.25, -0.2) is 0 Å². The highest BCUT2D eigenvalue weighted by Crippen LogP contribution is 2.19. The first-order chi connectivity index (χ1) is 4.65. The molecule has 0 aromatic rings. The van der Waals surface area contributed by atoms with Gasteiger partial charge in [0.2, 0.25) is 0 Å². The van der Waals surface area contributed by atoms with Crippen LogP contribution in [-0.4, -0.2) is 18.2 Å². The van der Waals surface area contributed by atoms with Crippen molar-refractivity contribution in [2.24, 2.45) is 16.1 Å². The third-order valence-corrected chi connectivity index (χ3v) is 1.88. The van der Waals surface area contributed by atoms with Gasteiger partial charge in [0, 0.05) is 0 Å². The smallest absolute Gasteiger partial charge is 0.196 e. The summed E-state index contributed by atoms with van der Waals surface area (Å²) < 4.78 is 5.29. The third kappa shape index (κ3) is 1.17. The molecule has 0 saturated heterocycles. The molecule has 0 saturated carbocycles. The van der Waals surface area contributed by atoms with E-state index < -0.39 is 0 Å². The van der Waals surface area contributed by atoms with Crippen molar-refractivity contribution < 1.29 is 4.74 Å². The summed E-state index contributed by atoms with van der Waals surface area (Å²) >= 11 is 0. The minimum Gasteiger partial charge on any atom is -0.469 e. The SMILES string of the molecule is CC(C)C1(C)C=NN=CO1. The summed E-state index contributed by atoms with van der Waals surface area (Å²) in [5, 5.41) is 7.35. The molecule has 10 heavy (non-hydrogen) atoms. The van der Waals surface area contributed by atoms with Crippen LogP contribution < -0.4 is 0 Å². The van der Waals surface area contributed by atoms with Crippen molar-refractivity contribution >= 4 is 12.6 Å². The minimum absolute atomic E-state index is 0.262. The maximum Gasteiger partial charge on any atom is 0.196 e. The molecule has 56 valence electrons. The molecule has 3 nitrogen and oxygen atoms in total. The number of hydrogen-bond donors (Lipinski definition) is 0. The van der Waals surface area contributed by atoms with Crippen LogP contribution in [0.15, 0.2) is 10.2 Å². The lowest BCUT2D eigenvalue weighted by Gasteiger charge is -2.29. The Labute approximate surface area is 60.8 Å². The van der Waals surface area contributed by atoms with Gasteiger partial charge in [0.1, 0.15) is 5.60 Å². The minimum atomic E-state index is -0.262. The molecule has 0 fully saturated rings. The zero-order valence-electron chi connectivity index (χ0n) is 6.53. The second kappa shape index (κ2) is 2.40. The lowest BCUT2D eigenvalue weighted by Crippen LogP contribution is -2.37. The van der Waals surface area contributed by atoms with Crippen molar-refractivity contribution in [2.75, 3.05) is 0 Å². The molecule has 0 spiro atoms. The van der Waals surface area contributed by atoms with Crippen LogP contribution >= 0.6 is 0 Å². The van der Waals surface area contributed by atoms with E-state index in [-0.39, 0.29) is 5.60 Å². The molecule has 1 rings (SSSR count). The van der Waals surface area contributed by atoms with E-state index in [4.69, 9.17) is 4.74 Å². The van der Waals surface area contributed by atoms with Crippen LogP contribution in [-0.2, 0) is 4.74 Å². The summed E-state index contributed by atoms with van der Waals surface area (Å²) in [6, 6.07) is 0. The molecule has 0 N–H and O–H groups in total. The fourth-order valence-electron chi connectivity index (χ4n) is 0.628. The van der Waals surface area contributed by atoms with Crippen LogP contribution in [0.5, 0.6) is 0 Å². The molecule has 0 aromatic heterocycles. The van der Waals surface area contributed by atoms with Gasteiger partial charge in [-0.3, -0.25) is 0 Å². The van der Waals surface area contributed by atoms with Crippen LogP contribution in [0.3, 0.4) is 0 Å². The zero-order chi connectivity index (χ0) is 7.61. The Morgan fingerprint density at radius 3 is 2.40 bits per heavy atom. The first-order valence-electron chi connectivity index (χ1n) is 3.39. The van der Waals surface area contributed by atoms with Crippen LogP contribution in [0.1, 0.15) is 20.8 Å². The summed E-state index contributed by atoms with van der Waals surface area (Å²) in [6.07, 6.45) is 3.12. The van der Waals surface area contributed by atoms with Crippen LogP contribution in [0.2, 0.25) is 0 Å². The molecule has 1 heterocycles. The van der Waals surface area contributed by atoms with E-state index in [1.807, 2.05) is 6.92 Å². The van der Waals surface area contributed by atoms with Crippen molar-refractivity contribution in [3.05, 3.63) is 0 Å². The van der Waals surface area contributed by atoms with Crippen LogP contribution in [0.25, 0.3) is 0 Å². The van der Waals surface area contributed by atoms with Gasteiger partial charge in [0.05, 0.1) is 6.21 Å². The maximum atomic E-state index is 5.29. The number of nitrogens with zero attached hydrogens (tertiary/aromatic N) is 2. The van der Waals surface area contributed by atoms with Gasteiger partial charge >= 0.3 is 0 Å². The number of rotatable bonds is 1. The second-order valence-electron chi connectivity index (χ2n) is 2.92. The molecule has 3 heteroatoms. The standard InChI is InChI=1S/C7H12N2O/c1-6(2)7(3)4-8-9-5-10-7/h4-6H,1-3H3. The van der Waals surface area contributed by atoms with Gasteiger partial charge in [0.15, 0.2) is 6.40 Å². The van der Waals surface area contributed by atoms with Crippen LogP contribution in [0.4, 0.5) is 0 Å². The highest BCUT2D eigenvalue weighted by Gasteiger charge is 2.28. The Hall–Kier alpha value is -0.860. The predicted molar refractivity (Wildman–Crippen MR) is 41.3 cm³/mol. The summed E-state index contributed by atoms with van der Waals surface area (Å²) in [7, 11) is 0. The fraction of sp³-hybridized carbons (Fsp3) is 0.714. The zero-order valence-corrected chi connectivity index (χ0v) is 6.53. The Balaban J connectivity index is 2.70. The molecule has 1 atom stereocenters. The molecular formula is C7H12N2O. The highest BCUT2D eigenvalue weighted by molar-refractivity contribution is 5.73. The lowest BCUT2D eigenvalue weighted by molar-refractivity contribution is 0.106. The average molecular weight is 140 g/mol. The fourth-order valence-corrected chi connectivity index (χ4v) is 0.628. The molecule has 0 bridgehead atoms. The van der Waals surface area contributed by atoms with E-state index >= 15 is 0 Å². The van der Waals surface area contributed by atoms with Crippen molar-refractivity contribution in [1.82, 2.24) is 0 Å². The van der Waals surface area contributed by atoms with Gasteiger partial charge in [-0.05, 0) is 12.8 Å². The van der Waals surface area contributed by atoms with E-state index in [0.717, 1.165) is 0 Å². The Kier molecular flexibility index (Phi) is 1.74. The first kappa shape index (κ1) is 7.25. The predicted octanol–water partition coefficient (Wildman–Crippen LogP) is 1.45. The summed E-state index contributed by atoms with van der Waals surface area (Å²) in [5.74, 6) is 0.419. The topological polar surface area (TPSA) is 34.0 Å². The Morgan fingerprint density at radius 2 is 2.10 bits per heavy atom. The normalized spacial score (nSPS) is 30.8. The van der Waals surface area contributed by atoms with E-state index in [9.17, 15) is 0 Å². The van der Waals surface area contributed by atoms with Crippen molar-refractivity contribution in [3.8, 4) is 0 Å². The Morgan fingerprint density at radius 1 is 1.40 bits per heavy atom. The van der Waals surface area contributed by atoms with E-state index in [1.54, 1.807) is 6.21 Å². The number of ether oxygens (including phenoxy) is 1. The maximum absolute atomic E-state index is 5.29. The monoisotopic (exact) mass is 140 g/mol.